The molecule has 0 saturated heterocycles. The highest BCUT2D eigenvalue weighted by atomic mass is 127. The fraction of sp³-hybridized carbons (Fsp3) is 0.462. The molecule has 0 radical (unpaired) electrons. The van der Waals surface area contributed by atoms with Crippen LogP contribution in [0.15, 0.2) is 23.5 Å². The SMILES string of the molecule is CCNC(=NCc1ncnn1C)NCCc1ccc(I)s1.I. The maximum Gasteiger partial charge on any atom is 0.191 e. The molecule has 0 amide bonds. The van der Waals surface area contributed by atoms with Crippen LogP contribution in [0.4, 0.5) is 0 Å². The lowest BCUT2D eigenvalue weighted by atomic mass is 10.3. The number of hydrogen-bond acceptors (Lipinski definition) is 4. The normalized spacial score (nSPS) is 11.1. The lowest BCUT2D eigenvalue weighted by molar-refractivity contribution is 0.697. The Hall–Kier alpha value is -0.430. The Labute approximate surface area is 165 Å². The number of rotatable bonds is 6. The van der Waals surface area contributed by atoms with E-state index in [9.17, 15) is 0 Å². The summed E-state index contributed by atoms with van der Waals surface area (Å²) < 4.78 is 3.06. The molecule has 0 aliphatic carbocycles. The Bertz CT molecular complexity index is 595. The minimum atomic E-state index is 0. The van der Waals surface area contributed by atoms with Crippen LogP contribution in [-0.4, -0.2) is 33.8 Å². The Morgan fingerprint density at radius 3 is 2.82 bits per heavy atom. The van der Waals surface area contributed by atoms with E-state index in [0.717, 1.165) is 31.3 Å². The fourth-order valence-corrected chi connectivity index (χ4v) is 3.50. The number of aryl methyl sites for hydroxylation is 1. The van der Waals surface area contributed by atoms with Gasteiger partial charge in [0.2, 0.25) is 0 Å². The van der Waals surface area contributed by atoms with E-state index in [0.29, 0.717) is 6.54 Å². The summed E-state index contributed by atoms with van der Waals surface area (Å²) in [4.78, 5) is 10.1. The van der Waals surface area contributed by atoms with Crippen molar-refractivity contribution >= 4 is 63.9 Å². The fourth-order valence-electron chi connectivity index (χ4n) is 1.75. The summed E-state index contributed by atoms with van der Waals surface area (Å²) in [6.07, 6.45) is 2.55. The van der Waals surface area contributed by atoms with Crippen molar-refractivity contribution in [2.24, 2.45) is 12.0 Å². The van der Waals surface area contributed by atoms with Gasteiger partial charge in [0, 0.05) is 25.0 Å². The maximum absolute atomic E-state index is 4.53. The number of aliphatic imine (C=N–C) groups is 1. The second kappa shape index (κ2) is 10.4. The number of hydrogen-bond donors (Lipinski definition) is 2. The highest BCUT2D eigenvalue weighted by molar-refractivity contribution is 14.1. The van der Waals surface area contributed by atoms with Gasteiger partial charge in [-0.1, -0.05) is 0 Å². The Morgan fingerprint density at radius 2 is 2.23 bits per heavy atom. The number of nitrogens with one attached hydrogen (secondary N) is 2. The van der Waals surface area contributed by atoms with Crippen molar-refractivity contribution in [3.8, 4) is 0 Å². The van der Waals surface area contributed by atoms with Gasteiger partial charge in [0.15, 0.2) is 5.96 Å². The van der Waals surface area contributed by atoms with Crippen molar-refractivity contribution < 1.29 is 0 Å². The third-order valence-electron chi connectivity index (χ3n) is 2.82. The van der Waals surface area contributed by atoms with E-state index in [1.54, 1.807) is 11.0 Å². The quantitative estimate of drug-likeness (QED) is 0.332. The predicted octanol–water partition coefficient (Wildman–Crippen LogP) is 2.40. The zero-order chi connectivity index (χ0) is 15.1. The third-order valence-corrected chi connectivity index (χ3v) is 4.77. The van der Waals surface area contributed by atoms with Crippen molar-refractivity contribution in [1.29, 1.82) is 0 Å². The van der Waals surface area contributed by atoms with Crippen LogP contribution in [-0.2, 0) is 20.0 Å². The van der Waals surface area contributed by atoms with Gasteiger partial charge in [0.05, 0.1) is 2.88 Å². The first-order chi connectivity index (χ1) is 10.2. The van der Waals surface area contributed by atoms with Crippen LogP contribution in [0.25, 0.3) is 0 Å². The average Bonchev–Trinajstić information content (AvgIpc) is 3.05. The van der Waals surface area contributed by atoms with Crippen molar-refractivity contribution in [2.45, 2.75) is 19.9 Å². The van der Waals surface area contributed by atoms with Crippen LogP contribution in [0.5, 0.6) is 0 Å². The molecule has 0 aromatic carbocycles. The zero-order valence-corrected chi connectivity index (χ0v) is 17.8. The molecule has 22 heavy (non-hydrogen) atoms. The van der Waals surface area contributed by atoms with E-state index in [4.69, 9.17) is 0 Å². The highest BCUT2D eigenvalue weighted by Crippen LogP contribution is 2.18. The first kappa shape index (κ1) is 19.6. The Balaban J connectivity index is 0.00000242. The molecule has 2 rings (SSSR count). The molecule has 2 aromatic rings. The van der Waals surface area contributed by atoms with E-state index in [1.165, 1.54) is 7.76 Å². The van der Waals surface area contributed by atoms with Gasteiger partial charge in [-0.05, 0) is 48.1 Å². The molecule has 0 bridgehead atoms. The van der Waals surface area contributed by atoms with Crippen molar-refractivity contribution in [2.75, 3.05) is 13.1 Å². The Morgan fingerprint density at radius 1 is 1.41 bits per heavy atom. The second-order valence-corrected chi connectivity index (χ2v) is 7.44. The first-order valence-electron chi connectivity index (χ1n) is 6.78. The summed E-state index contributed by atoms with van der Waals surface area (Å²) in [6.45, 7) is 4.27. The van der Waals surface area contributed by atoms with Gasteiger partial charge >= 0.3 is 0 Å². The van der Waals surface area contributed by atoms with Gasteiger partial charge in [-0.25, -0.2) is 9.98 Å². The Kier molecular flexibility index (Phi) is 9.24. The molecule has 0 saturated carbocycles. The topological polar surface area (TPSA) is 67.1 Å². The highest BCUT2D eigenvalue weighted by Gasteiger charge is 2.02. The molecule has 6 nitrogen and oxygen atoms in total. The van der Waals surface area contributed by atoms with Crippen molar-refractivity contribution in [3.05, 3.63) is 32.0 Å². The molecule has 0 atom stereocenters. The van der Waals surface area contributed by atoms with Crippen molar-refractivity contribution in [1.82, 2.24) is 25.4 Å². The lowest BCUT2D eigenvalue weighted by Gasteiger charge is -2.10. The molecule has 122 valence electrons. The van der Waals surface area contributed by atoms with Gasteiger partial charge < -0.3 is 10.6 Å². The summed E-state index contributed by atoms with van der Waals surface area (Å²) in [5, 5.41) is 10.6. The summed E-state index contributed by atoms with van der Waals surface area (Å²) in [7, 11) is 1.87. The van der Waals surface area contributed by atoms with Crippen LogP contribution in [0.3, 0.4) is 0 Å². The molecule has 0 spiro atoms. The van der Waals surface area contributed by atoms with Crippen LogP contribution >= 0.6 is 57.9 Å². The van der Waals surface area contributed by atoms with E-state index in [-0.39, 0.29) is 24.0 Å². The number of aromatic nitrogens is 3. The molecule has 0 fully saturated rings. The zero-order valence-electron chi connectivity index (χ0n) is 12.5. The number of thiophene rings is 1. The third kappa shape index (κ3) is 6.36. The molecular weight excluding hydrogens is 526 g/mol. The van der Waals surface area contributed by atoms with Gasteiger partial charge in [0.1, 0.15) is 18.7 Å². The molecule has 0 aliphatic rings. The number of nitrogens with zero attached hydrogens (tertiary/aromatic N) is 4. The van der Waals surface area contributed by atoms with Gasteiger partial charge in [-0.2, -0.15) is 5.10 Å². The van der Waals surface area contributed by atoms with Gasteiger partial charge in [0.25, 0.3) is 0 Å². The van der Waals surface area contributed by atoms with Gasteiger partial charge in [-0.15, -0.1) is 35.3 Å². The maximum atomic E-state index is 4.53. The van der Waals surface area contributed by atoms with Crippen LogP contribution in [0.2, 0.25) is 0 Å². The minimum absolute atomic E-state index is 0. The summed E-state index contributed by atoms with van der Waals surface area (Å²) in [5.41, 5.74) is 0. The standard InChI is InChI=1S/C13H19IN6S.HI/c1-3-15-13(17-8-12-18-9-19-20(12)2)16-7-6-10-4-5-11(14)21-10;/h4-5,9H,3,6-8H2,1-2H3,(H2,15,16,17);1H. The second-order valence-electron chi connectivity index (χ2n) is 4.38. The van der Waals surface area contributed by atoms with Crippen LogP contribution in [0.1, 0.15) is 17.6 Å². The lowest BCUT2D eigenvalue weighted by Crippen LogP contribution is -2.38. The number of guanidine groups is 1. The minimum Gasteiger partial charge on any atom is -0.357 e. The molecule has 2 aromatic heterocycles. The van der Waals surface area contributed by atoms with Gasteiger partial charge in [-0.3, -0.25) is 4.68 Å². The van der Waals surface area contributed by atoms with Crippen LogP contribution < -0.4 is 10.6 Å². The largest absolute Gasteiger partial charge is 0.357 e. The molecular formula is C13H20I2N6S. The van der Waals surface area contributed by atoms with E-state index in [2.05, 4.69) is 67.4 Å². The van der Waals surface area contributed by atoms with Crippen molar-refractivity contribution in [3.63, 3.8) is 0 Å². The average molecular weight is 546 g/mol. The van der Waals surface area contributed by atoms with Crippen LogP contribution in [0, 0.1) is 2.88 Å². The predicted molar refractivity (Wildman–Crippen MR) is 110 cm³/mol. The smallest absolute Gasteiger partial charge is 0.191 e. The first-order valence-corrected chi connectivity index (χ1v) is 8.68. The monoisotopic (exact) mass is 546 g/mol. The molecule has 2 heterocycles. The summed E-state index contributed by atoms with van der Waals surface area (Å²) >= 11 is 4.18. The van der Waals surface area contributed by atoms with E-state index in [1.807, 2.05) is 18.4 Å². The summed E-state index contributed by atoms with van der Waals surface area (Å²) in [6, 6.07) is 4.33. The summed E-state index contributed by atoms with van der Waals surface area (Å²) in [5.74, 6) is 1.66. The molecule has 2 N–H and O–H groups in total. The molecule has 9 heteroatoms. The van der Waals surface area contributed by atoms with E-state index < -0.39 is 0 Å². The number of halogens is 2. The molecule has 0 aliphatic heterocycles. The van der Waals surface area contributed by atoms with E-state index >= 15 is 0 Å². The molecule has 0 unspecified atom stereocenters.